The molecule has 3 atom stereocenters. The molecule has 2 fully saturated rings. The number of aliphatic hydroxyl groups excluding tert-OH is 1. The van der Waals surface area contributed by atoms with Gasteiger partial charge in [0.2, 0.25) is 0 Å². The summed E-state index contributed by atoms with van der Waals surface area (Å²) in [5.41, 5.74) is 1.91. The molecule has 3 rings (SSSR count). The highest BCUT2D eigenvalue weighted by Crippen LogP contribution is 2.62. The van der Waals surface area contributed by atoms with E-state index in [1.807, 2.05) is 0 Å². The van der Waals surface area contributed by atoms with Crippen LogP contribution in [0.3, 0.4) is 0 Å². The molecule has 0 bridgehead atoms. The molecule has 0 radical (unpaired) electrons. The van der Waals surface area contributed by atoms with E-state index in [9.17, 15) is 5.11 Å². The number of aliphatic hydroxyl groups is 1. The average Bonchev–Trinajstić information content (AvgIpc) is 2.95. The molecule has 0 unspecified atom stereocenters. The van der Waals surface area contributed by atoms with Gasteiger partial charge in [-0.15, -0.1) is 0 Å². The van der Waals surface area contributed by atoms with Gasteiger partial charge >= 0.3 is 0 Å². The Morgan fingerprint density at radius 1 is 1.27 bits per heavy atom. The second-order valence-electron chi connectivity index (χ2n) is 5.29. The van der Waals surface area contributed by atoms with Gasteiger partial charge in [0.25, 0.3) is 0 Å². The summed E-state index contributed by atoms with van der Waals surface area (Å²) >= 11 is 0. The van der Waals surface area contributed by atoms with E-state index in [0.717, 1.165) is 6.42 Å². The topological polar surface area (TPSA) is 20.2 Å². The summed E-state index contributed by atoms with van der Waals surface area (Å²) < 4.78 is 0. The van der Waals surface area contributed by atoms with Crippen LogP contribution in [0, 0.1) is 11.3 Å². The highest BCUT2D eigenvalue weighted by Gasteiger charge is 2.58. The van der Waals surface area contributed by atoms with Crippen molar-refractivity contribution >= 4 is 0 Å². The number of rotatable bonds is 2. The predicted octanol–water partition coefficient (Wildman–Crippen LogP) is 2.78. The highest BCUT2D eigenvalue weighted by atomic mass is 16.3. The Morgan fingerprint density at radius 3 is 2.87 bits per heavy atom. The Balaban J connectivity index is 1.74. The van der Waals surface area contributed by atoms with E-state index < -0.39 is 0 Å². The summed E-state index contributed by atoms with van der Waals surface area (Å²) in [5, 5.41) is 9.86. The first kappa shape index (κ1) is 9.41. The molecule has 0 spiro atoms. The van der Waals surface area contributed by atoms with Crippen LogP contribution >= 0.6 is 0 Å². The summed E-state index contributed by atoms with van der Waals surface area (Å²) in [6, 6.07) is 10.7. The monoisotopic (exact) mass is 202 g/mol. The third-order valence-electron chi connectivity index (χ3n) is 4.29. The van der Waals surface area contributed by atoms with Gasteiger partial charge in [-0.3, -0.25) is 0 Å². The van der Waals surface area contributed by atoms with Gasteiger partial charge in [-0.2, -0.15) is 0 Å². The third-order valence-corrected chi connectivity index (χ3v) is 4.29. The molecule has 2 aliphatic rings. The van der Waals surface area contributed by atoms with Crippen LogP contribution in [0.2, 0.25) is 0 Å². The minimum absolute atomic E-state index is 0.0116. The van der Waals surface area contributed by atoms with Gasteiger partial charge in [-0.05, 0) is 42.6 Å². The molecule has 2 aliphatic carbocycles. The molecule has 0 heterocycles. The van der Waals surface area contributed by atoms with Gasteiger partial charge in [-0.1, -0.05) is 36.8 Å². The Kier molecular flexibility index (Phi) is 2.10. The minimum Gasteiger partial charge on any atom is -0.393 e. The Hall–Kier alpha value is -0.820. The molecular formula is C14H18O. The van der Waals surface area contributed by atoms with Crippen molar-refractivity contribution < 1.29 is 5.11 Å². The van der Waals surface area contributed by atoms with Crippen molar-refractivity contribution in [1.82, 2.24) is 0 Å². The molecular weight excluding hydrogens is 184 g/mol. The van der Waals surface area contributed by atoms with E-state index in [0.29, 0.717) is 11.3 Å². The van der Waals surface area contributed by atoms with Gasteiger partial charge in [0.15, 0.2) is 0 Å². The Labute approximate surface area is 91.1 Å². The van der Waals surface area contributed by atoms with Crippen LogP contribution in [0.25, 0.3) is 0 Å². The fourth-order valence-corrected chi connectivity index (χ4v) is 3.37. The molecule has 1 heteroatoms. The summed E-state index contributed by atoms with van der Waals surface area (Å²) in [6.45, 7) is 0. The van der Waals surface area contributed by atoms with E-state index in [2.05, 4.69) is 30.3 Å². The van der Waals surface area contributed by atoms with Crippen molar-refractivity contribution in [3.63, 3.8) is 0 Å². The van der Waals surface area contributed by atoms with E-state index in [4.69, 9.17) is 0 Å². The van der Waals surface area contributed by atoms with Gasteiger partial charge in [-0.25, -0.2) is 0 Å². The lowest BCUT2D eigenvalue weighted by atomic mass is 9.82. The van der Waals surface area contributed by atoms with Crippen LogP contribution in [0.5, 0.6) is 0 Å². The summed E-state index contributed by atoms with van der Waals surface area (Å²) in [7, 11) is 0. The molecule has 15 heavy (non-hydrogen) atoms. The zero-order valence-electron chi connectivity index (χ0n) is 9.02. The van der Waals surface area contributed by atoms with Crippen LogP contribution in [-0.4, -0.2) is 11.2 Å². The quantitative estimate of drug-likeness (QED) is 0.782. The summed E-state index contributed by atoms with van der Waals surface area (Å²) in [4.78, 5) is 0. The van der Waals surface area contributed by atoms with E-state index >= 15 is 0 Å². The van der Waals surface area contributed by atoms with Crippen molar-refractivity contribution in [2.45, 2.75) is 38.2 Å². The Morgan fingerprint density at radius 2 is 2.07 bits per heavy atom. The van der Waals surface area contributed by atoms with Crippen LogP contribution in [0.1, 0.15) is 31.2 Å². The first-order valence-electron chi connectivity index (χ1n) is 6.02. The normalized spacial score (nSPS) is 38.5. The average molecular weight is 202 g/mol. The first-order chi connectivity index (χ1) is 7.30. The summed E-state index contributed by atoms with van der Waals surface area (Å²) in [5.74, 6) is 0.603. The van der Waals surface area contributed by atoms with E-state index in [1.165, 1.54) is 31.2 Å². The van der Waals surface area contributed by atoms with Crippen molar-refractivity contribution in [2.75, 3.05) is 0 Å². The Bertz CT molecular complexity index is 346. The molecule has 0 saturated heterocycles. The molecule has 0 amide bonds. The van der Waals surface area contributed by atoms with Crippen LogP contribution in [-0.2, 0) is 6.42 Å². The smallest absolute Gasteiger partial charge is 0.0574 e. The van der Waals surface area contributed by atoms with Crippen LogP contribution in [0.4, 0.5) is 0 Å². The predicted molar refractivity (Wildman–Crippen MR) is 60.5 cm³/mol. The number of benzene rings is 1. The second kappa shape index (κ2) is 3.34. The fourth-order valence-electron chi connectivity index (χ4n) is 3.37. The lowest BCUT2D eigenvalue weighted by Gasteiger charge is -2.25. The molecule has 1 N–H and O–H groups in total. The highest BCUT2D eigenvalue weighted by molar-refractivity contribution is 5.21. The van der Waals surface area contributed by atoms with Crippen LogP contribution in [0.15, 0.2) is 30.3 Å². The minimum atomic E-state index is -0.0116. The van der Waals surface area contributed by atoms with Gasteiger partial charge < -0.3 is 5.11 Å². The maximum atomic E-state index is 9.86. The van der Waals surface area contributed by atoms with Gasteiger partial charge in [0.05, 0.1) is 6.10 Å². The van der Waals surface area contributed by atoms with Crippen molar-refractivity contribution in [3.8, 4) is 0 Å². The molecule has 2 saturated carbocycles. The van der Waals surface area contributed by atoms with Gasteiger partial charge in [0.1, 0.15) is 0 Å². The van der Waals surface area contributed by atoms with E-state index in [-0.39, 0.29) is 6.10 Å². The zero-order chi connectivity index (χ0) is 10.3. The number of hydrogen-bond donors (Lipinski definition) is 1. The lowest BCUT2D eigenvalue weighted by molar-refractivity contribution is 0.0930. The maximum Gasteiger partial charge on any atom is 0.0574 e. The fraction of sp³-hybridized carbons (Fsp3) is 0.571. The molecule has 80 valence electrons. The zero-order valence-corrected chi connectivity index (χ0v) is 9.02. The molecule has 0 aromatic heterocycles. The van der Waals surface area contributed by atoms with Crippen molar-refractivity contribution in [1.29, 1.82) is 0 Å². The molecule has 0 aliphatic heterocycles. The SMILES string of the molecule is O[C@@H]1CCC[C@@]2(Cc3ccccc3)C[C@@H]12. The first-order valence-corrected chi connectivity index (χ1v) is 6.02. The molecule has 1 aromatic carbocycles. The van der Waals surface area contributed by atoms with E-state index in [1.54, 1.807) is 0 Å². The number of fused-ring (bicyclic) bond motifs is 1. The summed E-state index contributed by atoms with van der Waals surface area (Å²) in [6.07, 6.45) is 5.98. The lowest BCUT2D eigenvalue weighted by Crippen LogP contribution is -2.23. The standard InChI is InChI=1S/C14H18O/c15-13-7-4-8-14(10-12(13)14)9-11-5-2-1-3-6-11/h1-3,5-6,12-13,15H,4,7-10H2/t12-,13+,14+/m0/s1. The largest absolute Gasteiger partial charge is 0.393 e. The van der Waals surface area contributed by atoms with Crippen molar-refractivity contribution in [2.24, 2.45) is 11.3 Å². The van der Waals surface area contributed by atoms with Gasteiger partial charge in [0, 0.05) is 0 Å². The third kappa shape index (κ3) is 1.59. The molecule has 1 aromatic rings. The number of hydrogen-bond acceptors (Lipinski definition) is 1. The second-order valence-corrected chi connectivity index (χ2v) is 5.29. The molecule has 1 nitrogen and oxygen atoms in total. The van der Waals surface area contributed by atoms with Crippen molar-refractivity contribution in [3.05, 3.63) is 35.9 Å². The maximum absolute atomic E-state index is 9.86. The van der Waals surface area contributed by atoms with Crippen LogP contribution < -0.4 is 0 Å².